The molecule has 1 heterocycles. The third kappa shape index (κ3) is 3.70. The molecule has 0 amide bonds. The lowest BCUT2D eigenvalue weighted by atomic mass is 9.86. The van der Waals surface area contributed by atoms with Crippen LogP contribution >= 0.6 is 0 Å². The van der Waals surface area contributed by atoms with Crippen LogP contribution in [-0.2, 0) is 4.79 Å². The number of esters is 1. The van der Waals surface area contributed by atoms with Gasteiger partial charge in [-0.25, -0.2) is 0 Å². The number of fused-ring (bicyclic) bond motifs is 1. The molecule has 1 aliphatic heterocycles. The first-order valence-electron chi connectivity index (χ1n) is 8.43. The molecule has 4 nitrogen and oxygen atoms in total. The van der Waals surface area contributed by atoms with Crippen molar-refractivity contribution in [1.29, 1.82) is 0 Å². The Morgan fingerprint density at radius 1 is 1.17 bits per heavy atom. The zero-order valence-corrected chi connectivity index (χ0v) is 13.8. The molecule has 0 fully saturated rings. The van der Waals surface area contributed by atoms with Crippen LogP contribution in [0.15, 0.2) is 42.5 Å². The van der Waals surface area contributed by atoms with Crippen molar-refractivity contribution < 1.29 is 19.4 Å². The fourth-order valence-corrected chi connectivity index (χ4v) is 2.98. The van der Waals surface area contributed by atoms with Crippen LogP contribution in [0, 0.1) is 0 Å². The molecule has 0 saturated carbocycles. The van der Waals surface area contributed by atoms with E-state index in [2.05, 4.69) is 6.92 Å². The summed E-state index contributed by atoms with van der Waals surface area (Å²) in [6, 6.07) is 12.8. The smallest absolute Gasteiger partial charge is 0.312 e. The maximum absolute atomic E-state index is 11.9. The van der Waals surface area contributed by atoms with Crippen molar-refractivity contribution >= 4 is 5.97 Å². The van der Waals surface area contributed by atoms with Gasteiger partial charge in [0.15, 0.2) is 0 Å². The Morgan fingerprint density at radius 2 is 1.96 bits per heavy atom. The summed E-state index contributed by atoms with van der Waals surface area (Å²) >= 11 is 0. The van der Waals surface area contributed by atoms with E-state index in [-0.39, 0.29) is 17.6 Å². The minimum absolute atomic E-state index is 0.0593. The number of phenolic OH excluding ortho intramolecular Hbond substituents is 1. The Morgan fingerprint density at radius 3 is 2.71 bits per heavy atom. The van der Waals surface area contributed by atoms with Gasteiger partial charge in [-0.1, -0.05) is 38.0 Å². The number of rotatable bonds is 6. The lowest BCUT2D eigenvalue weighted by Gasteiger charge is -2.25. The highest BCUT2D eigenvalue weighted by Gasteiger charge is 2.28. The molecule has 126 valence electrons. The summed E-state index contributed by atoms with van der Waals surface area (Å²) in [7, 11) is 0. The fourth-order valence-electron chi connectivity index (χ4n) is 2.98. The van der Waals surface area contributed by atoms with E-state index >= 15 is 0 Å². The molecule has 0 saturated heterocycles. The van der Waals surface area contributed by atoms with Crippen LogP contribution in [-0.4, -0.2) is 17.7 Å². The molecule has 0 spiro atoms. The van der Waals surface area contributed by atoms with E-state index in [1.165, 1.54) is 18.9 Å². The van der Waals surface area contributed by atoms with Gasteiger partial charge in [0.2, 0.25) is 0 Å². The van der Waals surface area contributed by atoms with Gasteiger partial charge in [0.05, 0.1) is 13.0 Å². The predicted molar refractivity (Wildman–Crippen MR) is 91.7 cm³/mol. The molecule has 1 N–H and O–H groups in total. The normalized spacial score (nSPS) is 16.4. The Bertz CT molecular complexity index is 706. The monoisotopic (exact) mass is 326 g/mol. The van der Waals surface area contributed by atoms with E-state index in [1.807, 2.05) is 30.3 Å². The van der Waals surface area contributed by atoms with Crippen LogP contribution in [0.2, 0.25) is 0 Å². The van der Waals surface area contributed by atoms with Gasteiger partial charge in [0, 0.05) is 17.5 Å². The van der Waals surface area contributed by atoms with Gasteiger partial charge in [-0.15, -0.1) is 0 Å². The Balaban J connectivity index is 1.76. The first kappa shape index (κ1) is 16.4. The van der Waals surface area contributed by atoms with Gasteiger partial charge in [-0.05, 0) is 30.2 Å². The molecular weight excluding hydrogens is 304 g/mol. The number of phenols is 1. The van der Waals surface area contributed by atoms with Crippen molar-refractivity contribution in [1.82, 2.24) is 0 Å². The second-order valence-corrected chi connectivity index (χ2v) is 6.08. The summed E-state index contributed by atoms with van der Waals surface area (Å²) in [5.74, 6) is 1.04. The highest BCUT2D eigenvalue weighted by atomic mass is 16.5. The van der Waals surface area contributed by atoms with Gasteiger partial charge in [-0.3, -0.25) is 4.79 Å². The van der Waals surface area contributed by atoms with Gasteiger partial charge >= 0.3 is 5.97 Å². The molecule has 24 heavy (non-hydrogen) atoms. The average Bonchev–Trinajstić information content (AvgIpc) is 2.58. The molecule has 1 aliphatic rings. The van der Waals surface area contributed by atoms with Gasteiger partial charge in [0.1, 0.15) is 17.2 Å². The summed E-state index contributed by atoms with van der Waals surface area (Å²) in [4.78, 5) is 11.9. The predicted octanol–water partition coefficient (Wildman–Crippen LogP) is 4.40. The molecule has 0 aliphatic carbocycles. The van der Waals surface area contributed by atoms with E-state index in [0.29, 0.717) is 12.2 Å². The summed E-state index contributed by atoms with van der Waals surface area (Å²) in [5.41, 5.74) is 1.96. The lowest BCUT2D eigenvalue weighted by molar-refractivity contribution is -0.135. The molecule has 2 aromatic rings. The third-order valence-electron chi connectivity index (χ3n) is 4.27. The second kappa shape index (κ2) is 7.39. The van der Waals surface area contributed by atoms with E-state index < -0.39 is 0 Å². The standard InChI is InChI=1S/C20H22O4/c1-2-3-4-11-23-16-8-5-14(6-9-16)18-13-20(22)24-19-12-15(21)7-10-17(18)19/h5-10,12,18,21H,2-4,11,13H2,1H3. The van der Waals surface area contributed by atoms with Crippen molar-refractivity contribution in [3.63, 3.8) is 0 Å². The summed E-state index contributed by atoms with van der Waals surface area (Å²) < 4.78 is 11.0. The summed E-state index contributed by atoms with van der Waals surface area (Å²) in [5, 5.41) is 9.58. The van der Waals surface area contributed by atoms with E-state index in [4.69, 9.17) is 9.47 Å². The SMILES string of the molecule is CCCCCOc1ccc(C2CC(=O)Oc3cc(O)ccc32)cc1. The fraction of sp³-hybridized carbons (Fsp3) is 0.350. The van der Waals surface area contributed by atoms with Gasteiger partial charge in [0.25, 0.3) is 0 Å². The maximum atomic E-state index is 11.9. The van der Waals surface area contributed by atoms with Crippen molar-refractivity contribution in [2.24, 2.45) is 0 Å². The van der Waals surface area contributed by atoms with Crippen molar-refractivity contribution in [3.8, 4) is 17.2 Å². The number of unbranched alkanes of at least 4 members (excludes halogenated alkanes) is 2. The lowest BCUT2D eigenvalue weighted by Crippen LogP contribution is -2.20. The van der Waals surface area contributed by atoms with E-state index in [1.54, 1.807) is 6.07 Å². The number of carbonyl (C=O) groups excluding carboxylic acids is 1. The molecule has 4 heteroatoms. The van der Waals surface area contributed by atoms with Crippen molar-refractivity contribution in [3.05, 3.63) is 53.6 Å². The number of hydrogen-bond acceptors (Lipinski definition) is 4. The molecule has 0 aromatic heterocycles. The minimum Gasteiger partial charge on any atom is -0.508 e. The summed E-state index contributed by atoms with van der Waals surface area (Å²) in [6.07, 6.45) is 3.71. The first-order chi connectivity index (χ1) is 11.7. The topological polar surface area (TPSA) is 55.8 Å². The van der Waals surface area contributed by atoms with Crippen molar-refractivity contribution in [2.45, 2.75) is 38.5 Å². The number of aromatic hydroxyl groups is 1. The number of carbonyl (C=O) groups is 1. The number of hydrogen-bond donors (Lipinski definition) is 1. The molecule has 0 bridgehead atoms. The van der Waals surface area contributed by atoms with Crippen LogP contribution in [0.1, 0.15) is 49.7 Å². The highest BCUT2D eigenvalue weighted by Crippen LogP contribution is 2.40. The van der Waals surface area contributed by atoms with E-state index in [9.17, 15) is 9.90 Å². The quantitative estimate of drug-likeness (QED) is 0.485. The van der Waals surface area contributed by atoms with Gasteiger partial charge in [-0.2, -0.15) is 0 Å². The summed E-state index contributed by atoms with van der Waals surface area (Å²) in [6.45, 7) is 2.90. The number of ether oxygens (including phenoxy) is 2. The molecular formula is C20H22O4. The van der Waals surface area contributed by atoms with Crippen LogP contribution in [0.5, 0.6) is 17.2 Å². The number of benzene rings is 2. The van der Waals surface area contributed by atoms with Crippen LogP contribution in [0.4, 0.5) is 0 Å². The molecule has 0 radical (unpaired) electrons. The van der Waals surface area contributed by atoms with Crippen LogP contribution < -0.4 is 9.47 Å². The van der Waals surface area contributed by atoms with Crippen molar-refractivity contribution in [2.75, 3.05) is 6.61 Å². The minimum atomic E-state index is -0.280. The van der Waals surface area contributed by atoms with Gasteiger partial charge < -0.3 is 14.6 Å². The average molecular weight is 326 g/mol. The molecule has 3 rings (SSSR count). The zero-order chi connectivity index (χ0) is 16.9. The molecule has 2 aromatic carbocycles. The molecule has 1 unspecified atom stereocenters. The first-order valence-corrected chi connectivity index (χ1v) is 8.43. The Hall–Kier alpha value is -2.49. The zero-order valence-electron chi connectivity index (χ0n) is 13.8. The highest BCUT2D eigenvalue weighted by molar-refractivity contribution is 5.78. The van der Waals surface area contributed by atoms with E-state index in [0.717, 1.165) is 29.9 Å². The second-order valence-electron chi connectivity index (χ2n) is 6.08. The Labute approximate surface area is 142 Å². The Kier molecular flexibility index (Phi) is 5.04. The van der Waals surface area contributed by atoms with Crippen LogP contribution in [0.25, 0.3) is 0 Å². The van der Waals surface area contributed by atoms with Crippen LogP contribution in [0.3, 0.4) is 0 Å². The maximum Gasteiger partial charge on any atom is 0.312 e. The largest absolute Gasteiger partial charge is 0.508 e. The molecule has 1 atom stereocenters. The third-order valence-corrected chi connectivity index (χ3v) is 4.27.